The molecule has 0 saturated heterocycles. The lowest BCUT2D eigenvalue weighted by molar-refractivity contribution is 0.0698. The van der Waals surface area contributed by atoms with Crippen molar-refractivity contribution in [2.24, 2.45) is 0 Å². The molecule has 0 radical (unpaired) electrons. The van der Waals surface area contributed by atoms with Gasteiger partial charge in [0.05, 0.1) is 17.6 Å². The number of nitrogens with one attached hydrogen (secondary N) is 2. The zero-order valence-corrected chi connectivity index (χ0v) is 11.7. The predicted molar refractivity (Wildman–Crippen MR) is 77.7 cm³/mol. The van der Waals surface area contributed by atoms with Crippen LogP contribution in [0.2, 0.25) is 5.02 Å². The Balaban J connectivity index is 1.93. The third kappa shape index (κ3) is 4.22. The molecule has 7 nitrogen and oxygen atoms in total. The molecule has 3 N–H and O–H groups in total. The number of anilines is 1. The van der Waals surface area contributed by atoms with Crippen LogP contribution in [0.5, 0.6) is 0 Å². The van der Waals surface area contributed by atoms with Crippen LogP contribution in [0.15, 0.2) is 36.9 Å². The van der Waals surface area contributed by atoms with Crippen LogP contribution >= 0.6 is 11.6 Å². The van der Waals surface area contributed by atoms with Crippen LogP contribution < -0.4 is 10.6 Å². The van der Waals surface area contributed by atoms with E-state index in [1.165, 1.54) is 18.2 Å². The van der Waals surface area contributed by atoms with E-state index in [1.54, 1.807) is 18.7 Å². The van der Waals surface area contributed by atoms with Crippen LogP contribution in [-0.2, 0) is 6.54 Å². The minimum Gasteiger partial charge on any atom is -0.478 e. The monoisotopic (exact) mass is 308 g/mol. The Morgan fingerprint density at radius 2 is 2.19 bits per heavy atom. The minimum absolute atomic E-state index is 0.0239. The first kappa shape index (κ1) is 14.9. The fraction of sp³-hybridized carbons (Fsp3) is 0.154. The molecular formula is C13H13ClN4O3. The van der Waals surface area contributed by atoms with Crippen molar-refractivity contribution in [3.8, 4) is 0 Å². The third-order valence-electron chi connectivity index (χ3n) is 2.67. The number of carboxylic acids is 1. The van der Waals surface area contributed by atoms with Gasteiger partial charge in [0.1, 0.15) is 0 Å². The number of carbonyl (C=O) groups excluding carboxylic acids is 1. The quantitative estimate of drug-likeness (QED) is 0.787. The average Bonchev–Trinajstić information content (AvgIpc) is 2.91. The van der Waals surface area contributed by atoms with Crippen molar-refractivity contribution in [1.29, 1.82) is 0 Å². The predicted octanol–water partition coefficient (Wildman–Crippen LogP) is 2.06. The summed E-state index contributed by atoms with van der Waals surface area (Å²) in [5, 5.41) is 14.5. The molecule has 1 aromatic heterocycles. The van der Waals surface area contributed by atoms with Crippen molar-refractivity contribution >= 4 is 29.3 Å². The molecule has 2 aromatic rings. The molecule has 1 aromatic carbocycles. The van der Waals surface area contributed by atoms with E-state index in [-0.39, 0.29) is 11.3 Å². The van der Waals surface area contributed by atoms with Gasteiger partial charge in [0.25, 0.3) is 0 Å². The lowest BCUT2D eigenvalue weighted by Gasteiger charge is -2.10. The molecule has 2 amide bonds. The van der Waals surface area contributed by atoms with Crippen molar-refractivity contribution in [1.82, 2.24) is 14.9 Å². The summed E-state index contributed by atoms with van der Waals surface area (Å²) in [4.78, 5) is 26.7. The van der Waals surface area contributed by atoms with Gasteiger partial charge in [-0.15, -0.1) is 0 Å². The first-order valence-corrected chi connectivity index (χ1v) is 6.47. The summed E-state index contributed by atoms with van der Waals surface area (Å²) in [6, 6.07) is 3.68. The van der Waals surface area contributed by atoms with E-state index in [4.69, 9.17) is 16.7 Å². The molecule has 0 unspecified atom stereocenters. The van der Waals surface area contributed by atoms with Gasteiger partial charge in [0.2, 0.25) is 0 Å². The Morgan fingerprint density at radius 3 is 2.86 bits per heavy atom. The Labute approximate surface area is 125 Å². The van der Waals surface area contributed by atoms with Gasteiger partial charge in [0.15, 0.2) is 0 Å². The summed E-state index contributed by atoms with van der Waals surface area (Å²) in [5.41, 5.74) is 0.124. The molecule has 0 spiro atoms. The molecule has 1 heterocycles. The van der Waals surface area contributed by atoms with E-state index in [1.807, 2.05) is 4.57 Å². The fourth-order valence-electron chi connectivity index (χ4n) is 1.69. The second-order valence-electron chi connectivity index (χ2n) is 4.18. The molecule has 0 aliphatic rings. The van der Waals surface area contributed by atoms with Crippen LogP contribution in [0.1, 0.15) is 10.4 Å². The highest BCUT2D eigenvalue weighted by Crippen LogP contribution is 2.21. The molecule has 2 rings (SSSR count). The molecule has 21 heavy (non-hydrogen) atoms. The number of carboxylic acid groups (broad SMARTS) is 1. The fourth-order valence-corrected chi connectivity index (χ4v) is 1.86. The average molecular weight is 309 g/mol. The molecule has 0 bridgehead atoms. The molecule has 8 heteroatoms. The van der Waals surface area contributed by atoms with E-state index in [0.29, 0.717) is 18.1 Å². The summed E-state index contributed by atoms with van der Waals surface area (Å²) in [6.45, 7) is 0.944. The van der Waals surface area contributed by atoms with Crippen molar-refractivity contribution in [3.63, 3.8) is 0 Å². The van der Waals surface area contributed by atoms with Gasteiger partial charge in [-0.1, -0.05) is 11.6 Å². The van der Waals surface area contributed by atoms with E-state index in [0.717, 1.165) is 0 Å². The SMILES string of the molecule is O=C(NCCn1ccnc1)Nc1cc(Cl)ccc1C(=O)O. The van der Waals surface area contributed by atoms with Crippen LogP contribution in [-0.4, -0.2) is 33.2 Å². The number of aromatic carboxylic acids is 1. The normalized spacial score (nSPS) is 10.1. The highest BCUT2D eigenvalue weighted by Gasteiger charge is 2.12. The first-order chi connectivity index (χ1) is 10.1. The molecule has 0 saturated carbocycles. The number of carbonyl (C=O) groups is 2. The summed E-state index contributed by atoms with van der Waals surface area (Å²) < 4.78 is 1.81. The maximum absolute atomic E-state index is 11.7. The van der Waals surface area contributed by atoms with Crippen molar-refractivity contribution in [2.75, 3.05) is 11.9 Å². The number of aromatic nitrogens is 2. The number of imidazole rings is 1. The van der Waals surface area contributed by atoms with Gasteiger partial charge in [-0.2, -0.15) is 0 Å². The molecule has 110 valence electrons. The van der Waals surface area contributed by atoms with Crippen LogP contribution in [0.3, 0.4) is 0 Å². The maximum atomic E-state index is 11.7. The number of nitrogens with zero attached hydrogens (tertiary/aromatic N) is 2. The Hall–Kier alpha value is -2.54. The number of rotatable bonds is 5. The van der Waals surface area contributed by atoms with Gasteiger partial charge in [-0.25, -0.2) is 14.6 Å². The Kier molecular flexibility index (Phi) is 4.78. The number of urea groups is 1. The molecule has 0 aliphatic heterocycles. The summed E-state index contributed by atoms with van der Waals surface area (Å²) in [7, 11) is 0. The second-order valence-corrected chi connectivity index (χ2v) is 4.61. The van der Waals surface area contributed by atoms with E-state index in [9.17, 15) is 9.59 Å². The zero-order valence-electron chi connectivity index (χ0n) is 10.9. The maximum Gasteiger partial charge on any atom is 0.337 e. The third-order valence-corrected chi connectivity index (χ3v) is 2.91. The minimum atomic E-state index is -1.14. The smallest absolute Gasteiger partial charge is 0.337 e. The van der Waals surface area contributed by atoms with E-state index in [2.05, 4.69) is 15.6 Å². The lowest BCUT2D eigenvalue weighted by atomic mass is 10.2. The number of amides is 2. The van der Waals surface area contributed by atoms with Crippen molar-refractivity contribution in [2.45, 2.75) is 6.54 Å². The number of halogens is 1. The number of hydrogen-bond donors (Lipinski definition) is 3. The zero-order chi connectivity index (χ0) is 15.2. The Bertz CT molecular complexity index is 643. The largest absolute Gasteiger partial charge is 0.478 e. The molecule has 0 atom stereocenters. The van der Waals surface area contributed by atoms with Crippen LogP contribution in [0.25, 0.3) is 0 Å². The van der Waals surface area contributed by atoms with Gasteiger partial charge in [-0.3, -0.25) is 0 Å². The van der Waals surface area contributed by atoms with Gasteiger partial charge in [0, 0.05) is 30.5 Å². The van der Waals surface area contributed by atoms with Crippen LogP contribution in [0, 0.1) is 0 Å². The summed E-state index contributed by atoms with van der Waals surface area (Å²) in [5.74, 6) is -1.14. The van der Waals surface area contributed by atoms with Gasteiger partial charge in [-0.05, 0) is 18.2 Å². The first-order valence-electron chi connectivity index (χ1n) is 6.09. The highest BCUT2D eigenvalue weighted by molar-refractivity contribution is 6.31. The number of hydrogen-bond acceptors (Lipinski definition) is 3. The Morgan fingerprint density at radius 1 is 1.38 bits per heavy atom. The van der Waals surface area contributed by atoms with Crippen molar-refractivity contribution in [3.05, 3.63) is 47.5 Å². The molecular weight excluding hydrogens is 296 g/mol. The topological polar surface area (TPSA) is 96.3 Å². The summed E-state index contributed by atoms with van der Waals surface area (Å²) in [6.07, 6.45) is 5.06. The van der Waals surface area contributed by atoms with E-state index < -0.39 is 12.0 Å². The van der Waals surface area contributed by atoms with E-state index >= 15 is 0 Å². The summed E-state index contributed by atoms with van der Waals surface area (Å²) >= 11 is 5.80. The van der Waals surface area contributed by atoms with Gasteiger partial charge < -0.3 is 20.3 Å². The lowest BCUT2D eigenvalue weighted by Crippen LogP contribution is -2.31. The molecule has 0 aliphatic carbocycles. The number of benzene rings is 1. The van der Waals surface area contributed by atoms with Gasteiger partial charge >= 0.3 is 12.0 Å². The second kappa shape index (κ2) is 6.76. The van der Waals surface area contributed by atoms with Crippen molar-refractivity contribution < 1.29 is 14.7 Å². The van der Waals surface area contributed by atoms with Crippen LogP contribution in [0.4, 0.5) is 10.5 Å². The standard InChI is InChI=1S/C13H13ClN4O3/c14-9-1-2-10(12(19)20)11(7-9)17-13(21)16-4-6-18-5-3-15-8-18/h1-3,5,7-8H,4,6H2,(H,19,20)(H2,16,17,21). The highest BCUT2D eigenvalue weighted by atomic mass is 35.5. The molecule has 0 fully saturated rings.